The zero-order valence-corrected chi connectivity index (χ0v) is 15.7. The molecule has 0 saturated heterocycles. The molecular weight excluding hydrogens is 463 g/mol. The summed E-state index contributed by atoms with van der Waals surface area (Å²) in [5.74, 6) is 0.846. The Morgan fingerprint density at radius 1 is 1.32 bits per heavy atom. The number of likely N-dealkylation sites (N-methyl/N-ethyl adjacent to an activating group) is 1. The largest absolute Gasteiger partial charge is 0.438 e. The molecule has 0 spiro atoms. The number of amides is 1. The quantitative estimate of drug-likeness (QED) is 0.671. The molecule has 1 heterocycles. The van der Waals surface area contributed by atoms with Gasteiger partial charge in [-0.05, 0) is 30.3 Å². The van der Waals surface area contributed by atoms with Crippen LogP contribution in [0.15, 0.2) is 47.1 Å². The number of halogens is 2. The maximum atomic E-state index is 12.1. The number of ether oxygens (including phenoxy) is 1. The molecule has 0 aliphatic rings. The summed E-state index contributed by atoms with van der Waals surface area (Å²) in [6.45, 7) is 0. The zero-order valence-electron chi connectivity index (χ0n) is 12.0. The smallest absolute Gasteiger partial charge is 0.259 e. The first-order valence-electron chi connectivity index (χ1n) is 6.31. The Kier molecular flexibility index (Phi) is 6.47. The van der Waals surface area contributed by atoms with E-state index in [4.69, 9.17) is 7.80 Å². The lowest BCUT2D eigenvalue weighted by Gasteiger charge is -2.11. The molecule has 1 N–H and O–H groups in total. The number of nitrogens with one attached hydrogen (secondary N) is 1. The molecule has 0 saturated carbocycles. The lowest BCUT2D eigenvalue weighted by molar-refractivity contribution is -0.114. The van der Waals surface area contributed by atoms with Gasteiger partial charge in [-0.15, -0.1) is 0 Å². The number of benzene rings is 1. The highest BCUT2D eigenvalue weighted by Gasteiger charge is 2.18. The van der Waals surface area contributed by atoms with Crippen LogP contribution in [0.3, 0.4) is 0 Å². The third kappa shape index (κ3) is 4.34. The molecule has 2 aromatic rings. The number of pyridine rings is 1. The van der Waals surface area contributed by atoms with Gasteiger partial charge in [0, 0.05) is 24.8 Å². The van der Waals surface area contributed by atoms with Gasteiger partial charge in [0.15, 0.2) is 0 Å². The number of rotatable bonds is 5. The van der Waals surface area contributed by atoms with Gasteiger partial charge in [-0.2, -0.15) is 0 Å². The van der Waals surface area contributed by atoms with Gasteiger partial charge in [-0.25, -0.2) is 4.98 Å². The minimum absolute atomic E-state index is 0.179. The molecular formula is C15H14BrIN2O3. The fraction of sp³-hybridized carbons (Fsp3) is 0.133. The number of carbonyl (C=O) groups excluding carboxylic acids is 1. The normalized spacial score (nSPS) is 11.5. The van der Waals surface area contributed by atoms with Crippen LogP contribution in [-0.4, -0.2) is 28.6 Å². The number of hydrogen-bond donors (Lipinski definition) is 1. The SMILES string of the molecule is CNC(=O)C(=IOC)c1cccnc1Oc1cccc(Br)c1. The number of aromatic nitrogens is 1. The van der Waals surface area contributed by atoms with Crippen LogP contribution in [0, 0.1) is 0 Å². The summed E-state index contributed by atoms with van der Waals surface area (Å²) in [5, 5.41) is 2.63. The monoisotopic (exact) mass is 476 g/mol. The Morgan fingerprint density at radius 3 is 2.82 bits per heavy atom. The van der Waals surface area contributed by atoms with E-state index in [9.17, 15) is 4.79 Å². The van der Waals surface area contributed by atoms with Gasteiger partial charge in [0.05, 0.1) is 26.7 Å². The van der Waals surface area contributed by atoms with Gasteiger partial charge >= 0.3 is 0 Å². The van der Waals surface area contributed by atoms with Crippen molar-refractivity contribution >= 4 is 46.5 Å². The van der Waals surface area contributed by atoms with E-state index in [1.54, 1.807) is 26.4 Å². The Labute approximate surface area is 147 Å². The molecule has 1 aromatic carbocycles. The first-order chi connectivity index (χ1) is 10.7. The summed E-state index contributed by atoms with van der Waals surface area (Å²) >= 11 is 2.51. The molecule has 1 aromatic heterocycles. The van der Waals surface area contributed by atoms with Crippen molar-refractivity contribution < 1.29 is 12.6 Å². The summed E-state index contributed by atoms with van der Waals surface area (Å²) < 4.78 is 12.5. The maximum absolute atomic E-state index is 12.1. The molecule has 116 valence electrons. The van der Waals surface area contributed by atoms with Crippen molar-refractivity contribution in [1.82, 2.24) is 10.3 Å². The highest BCUT2D eigenvalue weighted by Crippen LogP contribution is 2.27. The molecule has 22 heavy (non-hydrogen) atoms. The van der Waals surface area contributed by atoms with Gasteiger partial charge in [0.25, 0.3) is 5.91 Å². The highest BCUT2D eigenvalue weighted by molar-refractivity contribution is 14.2. The van der Waals surface area contributed by atoms with Crippen molar-refractivity contribution in [3.63, 3.8) is 0 Å². The molecule has 0 bridgehead atoms. The van der Waals surface area contributed by atoms with E-state index < -0.39 is 21.1 Å². The van der Waals surface area contributed by atoms with Crippen LogP contribution in [0.25, 0.3) is 0 Å². The molecule has 0 fully saturated rings. The maximum Gasteiger partial charge on any atom is 0.259 e. The summed E-state index contributed by atoms with van der Waals surface area (Å²) in [4.78, 5) is 16.3. The van der Waals surface area contributed by atoms with Gasteiger partial charge in [-0.1, -0.05) is 22.0 Å². The molecule has 7 heteroatoms. The number of nitrogens with zero attached hydrogens (tertiary/aromatic N) is 1. The third-order valence-corrected chi connectivity index (χ3v) is 5.04. The predicted octanol–water partition coefficient (Wildman–Crippen LogP) is 3.44. The Bertz CT molecular complexity index is 707. The average Bonchev–Trinajstić information content (AvgIpc) is 2.53. The predicted molar refractivity (Wildman–Crippen MR) is 97.7 cm³/mol. The van der Waals surface area contributed by atoms with Gasteiger partial charge in [0.1, 0.15) is 9.26 Å². The van der Waals surface area contributed by atoms with E-state index >= 15 is 0 Å². The Hall–Kier alpha value is -1.32. The lowest BCUT2D eigenvalue weighted by atomic mass is 10.2. The lowest BCUT2D eigenvalue weighted by Crippen LogP contribution is -2.27. The Balaban J connectivity index is 2.41. The molecule has 0 aliphatic heterocycles. The zero-order chi connectivity index (χ0) is 15.9. The summed E-state index contributed by atoms with van der Waals surface area (Å²) in [6.07, 6.45) is 1.63. The first-order valence-corrected chi connectivity index (χ1v) is 9.06. The summed E-state index contributed by atoms with van der Waals surface area (Å²) in [7, 11) is 3.17. The average molecular weight is 477 g/mol. The minimum Gasteiger partial charge on any atom is -0.438 e. The highest BCUT2D eigenvalue weighted by atomic mass is 127. The van der Waals surface area contributed by atoms with Crippen molar-refractivity contribution in [2.24, 2.45) is 0 Å². The molecule has 0 atom stereocenters. The molecule has 1 amide bonds. The van der Waals surface area contributed by atoms with E-state index in [0.29, 0.717) is 20.7 Å². The topological polar surface area (TPSA) is 60.5 Å². The van der Waals surface area contributed by atoms with Crippen LogP contribution in [0.2, 0.25) is 0 Å². The molecule has 0 unspecified atom stereocenters. The van der Waals surface area contributed by atoms with Crippen molar-refractivity contribution in [3.8, 4) is 11.6 Å². The fourth-order valence-corrected chi connectivity index (χ4v) is 3.60. The summed E-state index contributed by atoms with van der Waals surface area (Å²) in [6, 6.07) is 11.0. The van der Waals surface area contributed by atoms with Crippen LogP contribution in [0.5, 0.6) is 11.6 Å². The second-order valence-electron chi connectivity index (χ2n) is 4.04. The van der Waals surface area contributed by atoms with Gasteiger partial charge in [-0.3, -0.25) is 4.79 Å². The van der Waals surface area contributed by atoms with E-state index in [2.05, 4.69) is 26.2 Å². The van der Waals surface area contributed by atoms with Crippen LogP contribution >= 0.6 is 37.1 Å². The van der Waals surface area contributed by atoms with E-state index in [-0.39, 0.29) is 5.91 Å². The fourth-order valence-electron chi connectivity index (χ4n) is 1.67. The van der Waals surface area contributed by atoms with Crippen LogP contribution in [-0.2, 0) is 7.86 Å². The minimum atomic E-state index is -0.887. The molecule has 0 aliphatic carbocycles. The van der Waals surface area contributed by atoms with Crippen molar-refractivity contribution in [3.05, 3.63) is 52.6 Å². The first kappa shape index (κ1) is 17.0. The second kappa shape index (κ2) is 8.35. The standard InChI is InChI=1S/C15H14BrIN2O3/c1-18-14(20)13(17-21-2)12-7-4-8-19-15(12)22-11-6-3-5-10(16)9-11/h3-9H,1-2H3,(H,18,20). The van der Waals surface area contributed by atoms with Crippen LogP contribution in [0.1, 0.15) is 5.56 Å². The molecule has 5 nitrogen and oxygen atoms in total. The van der Waals surface area contributed by atoms with Crippen molar-refractivity contribution in [2.75, 3.05) is 14.2 Å². The Morgan fingerprint density at radius 2 is 2.14 bits per heavy atom. The van der Waals surface area contributed by atoms with Crippen molar-refractivity contribution in [2.45, 2.75) is 0 Å². The molecule has 0 radical (unpaired) electrons. The van der Waals surface area contributed by atoms with Crippen LogP contribution < -0.4 is 10.1 Å². The number of hydrogen-bond acceptors (Lipinski definition) is 4. The van der Waals surface area contributed by atoms with Crippen molar-refractivity contribution in [1.29, 1.82) is 0 Å². The van der Waals surface area contributed by atoms with E-state index in [1.807, 2.05) is 30.3 Å². The summed E-state index contributed by atoms with van der Waals surface area (Å²) in [5.41, 5.74) is 0.650. The van der Waals surface area contributed by atoms with E-state index in [0.717, 1.165) is 4.47 Å². The number of carbonyl (C=O) groups is 1. The van der Waals surface area contributed by atoms with Crippen LogP contribution in [0.4, 0.5) is 0 Å². The second-order valence-corrected chi connectivity index (χ2v) is 7.36. The van der Waals surface area contributed by atoms with Gasteiger partial charge < -0.3 is 13.1 Å². The third-order valence-electron chi connectivity index (χ3n) is 2.60. The van der Waals surface area contributed by atoms with E-state index in [1.165, 1.54) is 0 Å². The molecule has 2 rings (SSSR count). The van der Waals surface area contributed by atoms with Gasteiger partial charge in [0.2, 0.25) is 5.88 Å².